The molecule has 4 nitrogen and oxygen atoms in total. The molecule has 0 aromatic heterocycles. The number of hydrogen-bond donors (Lipinski definition) is 1. The van der Waals surface area contributed by atoms with Crippen LogP contribution in [-0.2, 0) is 11.3 Å². The molecular formula is C16H27NO3. The molecular weight excluding hydrogens is 254 g/mol. The summed E-state index contributed by atoms with van der Waals surface area (Å²) in [5, 5.41) is 3.31. The topological polar surface area (TPSA) is 39.7 Å². The normalized spacial score (nSPS) is 10.8. The van der Waals surface area contributed by atoms with E-state index in [1.54, 1.807) is 7.11 Å². The summed E-state index contributed by atoms with van der Waals surface area (Å²) in [6.07, 6.45) is 0. The molecule has 1 rings (SSSR count). The number of nitrogens with one attached hydrogen (secondary N) is 1. The van der Waals surface area contributed by atoms with E-state index in [1.165, 1.54) is 0 Å². The molecule has 0 amide bonds. The largest absolute Gasteiger partial charge is 0.497 e. The first-order valence-electron chi connectivity index (χ1n) is 7.25. The highest BCUT2D eigenvalue weighted by molar-refractivity contribution is 5.40. The van der Waals surface area contributed by atoms with E-state index in [0.29, 0.717) is 19.1 Å². The van der Waals surface area contributed by atoms with E-state index >= 15 is 0 Å². The van der Waals surface area contributed by atoms with Crippen LogP contribution in [0.1, 0.15) is 26.3 Å². The van der Waals surface area contributed by atoms with Crippen molar-refractivity contribution in [1.82, 2.24) is 5.32 Å². The second-order valence-electron chi connectivity index (χ2n) is 5.07. The van der Waals surface area contributed by atoms with Gasteiger partial charge in [-0.3, -0.25) is 0 Å². The molecule has 0 aliphatic heterocycles. The molecule has 0 unspecified atom stereocenters. The molecule has 1 aromatic rings. The van der Waals surface area contributed by atoms with Gasteiger partial charge in [0.25, 0.3) is 0 Å². The molecule has 0 saturated carbocycles. The van der Waals surface area contributed by atoms with Crippen LogP contribution in [0, 0.1) is 5.92 Å². The minimum Gasteiger partial charge on any atom is -0.497 e. The van der Waals surface area contributed by atoms with Gasteiger partial charge in [-0.15, -0.1) is 0 Å². The quantitative estimate of drug-likeness (QED) is 0.669. The predicted molar refractivity (Wildman–Crippen MR) is 81.5 cm³/mol. The summed E-state index contributed by atoms with van der Waals surface area (Å²) in [6, 6.07) is 5.91. The van der Waals surface area contributed by atoms with Crippen LogP contribution in [0.2, 0.25) is 0 Å². The van der Waals surface area contributed by atoms with E-state index in [-0.39, 0.29) is 0 Å². The summed E-state index contributed by atoms with van der Waals surface area (Å²) in [4.78, 5) is 0. The Morgan fingerprint density at radius 1 is 1.20 bits per heavy atom. The molecule has 0 bridgehead atoms. The van der Waals surface area contributed by atoms with Crippen LogP contribution in [0.4, 0.5) is 0 Å². The molecule has 0 radical (unpaired) electrons. The van der Waals surface area contributed by atoms with Gasteiger partial charge in [0, 0.05) is 24.8 Å². The molecule has 0 heterocycles. The van der Waals surface area contributed by atoms with Crippen molar-refractivity contribution >= 4 is 0 Å². The van der Waals surface area contributed by atoms with Crippen LogP contribution < -0.4 is 14.8 Å². The molecule has 4 heteroatoms. The van der Waals surface area contributed by atoms with Crippen molar-refractivity contribution in [2.24, 2.45) is 5.92 Å². The first kappa shape index (κ1) is 16.8. The Kier molecular flexibility index (Phi) is 8.07. The van der Waals surface area contributed by atoms with Gasteiger partial charge < -0.3 is 19.5 Å². The summed E-state index contributed by atoms with van der Waals surface area (Å²) in [7, 11) is 1.66. The van der Waals surface area contributed by atoms with E-state index in [0.717, 1.165) is 36.8 Å². The second kappa shape index (κ2) is 9.61. The fourth-order valence-electron chi connectivity index (χ4n) is 1.73. The minimum absolute atomic E-state index is 0.552. The van der Waals surface area contributed by atoms with Crippen LogP contribution in [0.5, 0.6) is 11.5 Å². The molecule has 1 aromatic carbocycles. The van der Waals surface area contributed by atoms with Crippen molar-refractivity contribution in [3.05, 3.63) is 23.8 Å². The van der Waals surface area contributed by atoms with Crippen LogP contribution >= 0.6 is 0 Å². The third kappa shape index (κ3) is 6.26. The Balaban J connectivity index is 2.51. The summed E-state index contributed by atoms with van der Waals surface area (Å²) in [6.45, 7) is 10.0. The van der Waals surface area contributed by atoms with Crippen LogP contribution in [-0.4, -0.2) is 33.5 Å². The molecule has 0 aliphatic carbocycles. The van der Waals surface area contributed by atoms with Crippen molar-refractivity contribution in [2.75, 3.05) is 33.5 Å². The van der Waals surface area contributed by atoms with E-state index < -0.39 is 0 Å². The summed E-state index contributed by atoms with van der Waals surface area (Å²) >= 11 is 0. The summed E-state index contributed by atoms with van der Waals surface area (Å²) in [5.41, 5.74) is 1.14. The molecule has 0 aliphatic rings. The van der Waals surface area contributed by atoms with Gasteiger partial charge in [-0.05, 0) is 18.5 Å². The van der Waals surface area contributed by atoms with Crippen molar-refractivity contribution in [2.45, 2.75) is 27.3 Å². The van der Waals surface area contributed by atoms with Gasteiger partial charge in [-0.1, -0.05) is 26.8 Å². The minimum atomic E-state index is 0.552. The monoisotopic (exact) mass is 281 g/mol. The average molecular weight is 281 g/mol. The third-order valence-electron chi connectivity index (χ3n) is 2.78. The van der Waals surface area contributed by atoms with Crippen LogP contribution in [0.15, 0.2) is 18.2 Å². The third-order valence-corrected chi connectivity index (χ3v) is 2.78. The van der Waals surface area contributed by atoms with Gasteiger partial charge in [-0.2, -0.15) is 0 Å². The van der Waals surface area contributed by atoms with Crippen molar-refractivity contribution in [1.29, 1.82) is 0 Å². The van der Waals surface area contributed by atoms with E-state index in [2.05, 4.69) is 26.1 Å². The highest BCUT2D eigenvalue weighted by Gasteiger charge is 2.06. The average Bonchev–Trinajstić information content (AvgIpc) is 2.45. The zero-order chi connectivity index (χ0) is 14.8. The lowest BCUT2D eigenvalue weighted by Gasteiger charge is -2.14. The lowest BCUT2D eigenvalue weighted by Crippen LogP contribution is -2.14. The first-order chi connectivity index (χ1) is 9.67. The Labute approximate surface area is 122 Å². The predicted octanol–water partition coefficient (Wildman–Crippen LogP) is 2.86. The summed E-state index contributed by atoms with van der Waals surface area (Å²) in [5.74, 6) is 2.22. The SMILES string of the molecule is CCNCc1ccc(OC)cc1OCCOCC(C)C. The lowest BCUT2D eigenvalue weighted by atomic mass is 10.2. The molecule has 0 spiro atoms. The van der Waals surface area contributed by atoms with Gasteiger partial charge in [0.05, 0.1) is 13.7 Å². The van der Waals surface area contributed by atoms with Gasteiger partial charge in [0.15, 0.2) is 0 Å². The Bertz CT molecular complexity index is 380. The fourth-order valence-corrected chi connectivity index (χ4v) is 1.73. The van der Waals surface area contributed by atoms with Crippen molar-refractivity contribution in [3.63, 3.8) is 0 Å². The van der Waals surface area contributed by atoms with Gasteiger partial charge >= 0.3 is 0 Å². The van der Waals surface area contributed by atoms with Gasteiger partial charge in [0.2, 0.25) is 0 Å². The van der Waals surface area contributed by atoms with E-state index in [4.69, 9.17) is 14.2 Å². The molecule has 1 N–H and O–H groups in total. The highest BCUT2D eigenvalue weighted by atomic mass is 16.5. The molecule has 0 fully saturated rings. The smallest absolute Gasteiger partial charge is 0.127 e. The van der Waals surface area contributed by atoms with E-state index in [1.807, 2.05) is 18.2 Å². The molecule has 114 valence electrons. The van der Waals surface area contributed by atoms with E-state index in [9.17, 15) is 0 Å². The van der Waals surface area contributed by atoms with Crippen molar-refractivity contribution < 1.29 is 14.2 Å². The molecule has 0 saturated heterocycles. The second-order valence-corrected chi connectivity index (χ2v) is 5.07. The maximum atomic E-state index is 5.81. The van der Waals surface area contributed by atoms with Crippen LogP contribution in [0.3, 0.4) is 0 Å². The fraction of sp³-hybridized carbons (Fsp3) is 0.625. The maximum Gasteiger partial charge on any atom is 0.127 e. The first-order valence-corrected chi connectivity index (χ1v) is 7.25. The number of methoxy groups -OCH3 is 1. The van der Waals surface area contributed by atoms with Gasteiger partial charge in [0.1, 0.15) is 18.1 Å². The standard InChI is InChI=1S/C16H27NO3/c1-5-17-11-14-6-7-15(18-4)10-16(14)20-9-8-19-12-13(2)3/h6-7,10,13,17H,5,8-9,11-12H2,1-4H3. The number of hydrogen-bond acceptors (Lipinski definition) is 4. The Morgan fingerprint density at radius 2 is 2.00 bits per heavy atom. The Hall–Kier alpha value is -1.26. The Morgan fingerprint density at radius 3 is 2.65 bits per heavy atom. The number of ether oxygens (including phenoxy) is 3. The lowest BCUT2D eigenvalue weighted by molar-refractivity contribution is 0.0815. The number of rotatable bonds is 10. The van der Waals surface area contributed by atoms with Crippen molar-refractivity contribution in [3.8, 4) is 11.5 Å². The van der Waals surface area contributed by atoms with Gasteiger partial charge in [-0.25, -0.2) is 0 Å². The zero-order valence-electron chi connectivity index (χ0n) is 13.1. The summed E-state index contributed by atoms with van der Waals surface area (Å²) < 4.78 is 16.6. The molecule has 0 atom stereocenters. The molecule has 20 heavy (non-hydrogen) atoms. The van der Waals surface area contributed by atoms with Crippen LogP contribution in [0.25, 0.3) is 0 Å². The maximum absolute atomic E-state index is 5.81. The zero-order valence-corrected chi connectivity index (χ0v) is 13.1. The highest BCUT2D eigenvalue weighted by Crippen LogP contribution is 2.24. The number of benzene rings is 1.